The number of rotatable bonds is 15. The summed E-state index contributed by atoms with van der Waals surface area (Å²) in [4.78, 5) is 12.6. The van der Waals surface area contributed by atoms with Crippen molar-refractivity contribution in [1.82, 2.24) is 0 Å². The van der Waals surface area contributed by atoms with Crippen LogP contribution < -0.4 is 0 Å². The van der Waals surface area contributed by atoms with E-state index in [0.717, 1.165) is 0 Å². The van der Waals surface area contributed by atoms with Gasteiger partial charge in [0.05, 0.1) is 51.3 Å². The van der Waals surface area contributed by atoms with Crippen molar-refractivity contribution in [2.75, 3.05) is 33.0 Å². The number of carbonyl (C=O) groups is 1. The number of aliphatic carboxylic acids is 1. The lowest BCUT2D eigenvalue weighted by molar-refractivity contribution is -0.397. The van der Waals surface area contributed by atoms with E-state index in [2.05, 4.69) is 33.8 Å². The first-order valence-corrected chi connectivity index (χ1v) is 31.0. The smallest absolute Gasteiger partial charge is 0.335 e. The van der Waals surface area contributed by atoms with Crippen molar-refractivity contribution in [3.8, 4) is 0 Å². The molecular weight excluding hydrogens is 1170 g/mol. The van der Waals surface area contributed by atoms with E-state index >= 15 is 0 Å². The zero-order valence-electron chi connectivity index (χ0n) is 50.6. The monoisotopic (exact) mass is 1270 g/mol. The zero-order valence-corrected chi connectivity index (χ0v) is 50.6. The van der Waals surface area contributed by atoms with E-state index < -0.39 is 225 Å². The average Bonchev–Trinajstić information content (AvgIpc) is 0.677. The maximum Gasteiger partial charge on any atom is 0.335 e. The highest BCUT2D eigenvalue weighted by molar-refractivity contribution is 5.73. The van der Waals surface area contributed by atoms with Crippen LogP contribution in [0.3, 0.4) is 0 Å². The number of hydrogen-bond acceptors (Lipinski definition) is 28. The number of aliphatic hydroxyl groups is 17. The van der Waals surface area contributed by atoms with Crippen LogP contribution in [-0.2, 0) is 52.2 Å². The third-order valence-corrected chi connectivity index (χ3v) is 23.6. The first-order valence-electron chi connectivity index (χ1n) is 31.0. The first-order chi connectivity index (χ1) is 41.2. The number of ether oxygens (including phenoxy) is 10. The number of hydrogen-bond donors (Lipinski definition) is 18. The molecule has 0 radical (unpaired) electrons. The quantitative estimate of drug-likeness (QED) is 0.0539. The van der Waals surface area contributed by atoms with Gasteiger partial charge in [0.15, 0.2) is 37.6 Å². The van der Waals surface area contributed by atoms with Gasteiger partial charge in [0, 0.05) is 10.8 Å². The van der Waals surface area contributed by atoms with Crippen molar-refractivity contribution < 1.29 is 144 Å². The van der Waals surface area contributed by atoms with Crippen LogP contribution in [0.4, 0.5) is 0 Å². The second-order valence-electron chi connectivity index (χ2n) is 28.8. The van der Waals surface area contributed by atoms with Gasteiger partial charge < -0.3 is 139 Å². The zero-order chi connectivity index (χ0) is 64.4. The minimum absolute atomic E-state index is 0.0245. The largest absolute Gasteiger partial charge is 0.479 e. The Labute approximate surface area is 509 Å². The third kappa shape index (κ3) is 11.2. The molecule has 10 rings (SSSR count). The molecule has 35 atom stereocenters. The van der Waals surface area contributed by atoms with Crippen molar-refractivity contribution in [3.63, 3.8) is 0 Å². The molecule has 9 fully saturated rings. The predicted octanol–water partition coefficient (Wildman–Crippen LogP) is -5.06. The second-order valence-corrected chi connectivity index (χ2v) is 28.8. The van der Waals surface area contributed by atoms with Gasteiger partial charge in [0.2, 0.25) is 0 Å². The number of fused-ring (bicyclic) bond motifs is 7. The standard InChI is InChI=1S/C59H96O29/c1-54(2)16-23-22-8-9-29-56(4)12-11-30(83-53-45(38(72)37(71)43(85-53)48(77)78)87-52-44(36(70)33(67)27(19-62)82-52)86-51-40(74)35(69)32(66)26(18-61)81-51)57(5,21-63)28(56)10-13-59(29,7)58(22,6)15-14-55(23,3)47(46(54)76)88-49-41(75)42(24(64)20-79-49)84-50-39(73)34(68)31(65)25(17-60)80-50/h8,23-47,49-53,60-76H,9-21H2,1-7H3,(H,77,78)/t23-,24+,25+,26+,27+,28+,29+,30-,31+,32+,33+,34-,35-,36-,37-,38-,39+,40+,41+,42-,43-,44+,45+,46-,47+,49-,50-,51-,52-,53+,55+,56-,57+,58+,59+/m0/s1. The summed E-state index contributed by atoms with van der Waals surface area (Å²) in [6.45, 7) is 11.5. The Balaban J connectivity index is 0.892. The Bertz CT molecular complexity index is 2460. The Morgan fingerprint density at radius 3 is 1.60 bits per heavy atom. The fourth-order valence-corrected chi connectivity index (χ4v) is 17.9. The minimum atomic E-state index is -2.17. The fraction of sp³-hybridized carbons (Fsp3) is 0.949. The van der Waals surface area contributed by atoms with Gasteiger partial charge in [0.1, 0.15) is 110 Å². The van der Waals surface area contributed by atoms with Crippen molar-refractivity contribution in [1.29, 1.82) is 0 Å². The molecular formula is C59H96O29. The van der Waals surface area contributed by atoms with E-state index in [-0.39, 0.29) is 36.2 Å². The molecule has 0 unspecified atom stereocenters. The molecule has 5 aliphatic carbocycles. The van der Waals surface area contributed by atoms with Crippen molar-refractivity contribution in [3.05, 3.63) is 11.6 Å². The lowest BCUT2D eigenvalue weighted by Gasteiger charge is -2.72. The van der Waals surface area contributed by atoms with Crippen LogP contribution in [-0.4, -0.2) is 297 Å². The Hall–Kier alpha value is -1.87. The van der Waals surface area contributed by atoms with Gasteiger partial charge in [-0.1, -0.05) is 60.1 Å². The summed E-state index contributed by atoms with van der Waals surface area (Å²) < 4.78 is 60.2. The third-order valence-electron chi connectivity index (χ3n) is 23.6. The molecule has 29 nitrogen and oxygen atoms in total. The van der Waals surface area contributed by atoms with Crippen molar-refractivity contribution in [2.45, 2.75) is 266 Å². The number of carboxylic acid groups (broad SMARTS) is 1. The van der Waals surface area contributed by atoms with Gasteiger partial charge in [-0.2, -0.15) is 0 Å². The molecule has 0 aromatic heterocycles. The summed E-state index contributed by atoms with van der Waals surface area (Å²) in [6, 6.07) is 0. The molecule has 0 bridgehead atoms. The molecule has 5 aliphatic heterocycles. The lowest BCUT2D eigenvalue weighted by Crippen LogP contribution is -2.69. The van der Waals surface area contributed by atoms with Crippen LogP contribution in [0.1, 0.15) is 99.8 Å². The molecule has 5 heterocycles. The van der Waals surface area contributed by atoms with Gasteiger partial charge in [-0.3, -0.25) is 0 Å². The Morgan fingerprint density at radius 2 is 1.05 bits per heavy atom. The summed E-state index contributed by atoms with van der Waals surface area (Å²) in [7, 11) is 0. The van der Waals surface area contributed by atoms with Crippen LogP contribution in [0.15, 0.2) is 11.6 Å². The van der Waals surface area contributed by atoms with E-state index in [1.165, 1.54) is 5.57 Å². The Morgan fingerprint density at radius 1 is 0.523 bits per heavy atom. The number of aliphatic hydroxyl groups excluding tert-OH is 17. The molecule has 0 spiro atoms. The average molecular weight is 1270 g/mol. The molecule has 0 aromatic carbocycles. The molecule has 29 heteroatoms. The number of allylic oxidation sites excluding steroid dienone is 2. The summed E-state index contributed by atoms with van der Waals surface area (Å²) >= 11 is 0. The van der Waals surface area contributed by atoms with Crippen LogP contribution >= 0.6 is 0 Å². The molecule has 506 valence electrons. The second kappa shape index (κ2) is 25.4. The normalized spacial score (nSPS) is 55.5. The van der Waals surface area contributed by atoms with Crippen LogP contribution in [0.25, 0.3) is 0 Å². The van der Waals surface area contributed by atoms with Crippen LogP contribution in [0.5, 0.6) is 0 Å². The SMILES string of the molecule is CC1(C)C[C@H]2C3=CC[C@@H]4[C@@]5(C)CC[C@H](O[C@@H]6O[C@H](C(=O)O)[C@@H](O)[C@H](O)[C@H]6O[C@@H]6O[C@H](CO)[C@@H](O)[C@H](O)[C@H]6O[C@@H]6O[C@H](CO)[C@@H](O)[C@H](O)[C@H]6O)[C@](C)(CO)[C@@H]5CC[C@@]4(C)[C@]3(C)CC[C@@]2(C)[C@H](O[C@@H]2OC[C@@H](O)[C@H](O[C@@H]3O[C@H](CO)[C@@H](O)[C@H](O)[C@H]3O)[C@H]2O)[C@@H]1O. The van der Waals surface area contributed by atoms with E-state index in [0.29, 0.717) is 44.9 Å². The Kier molecular flexibility index (Phi) is 19.9. The molecule has 4 saturated carbocycles. The first kappa shape index (κ1) is 69.0. The maximum atomic E-state index is 12.6. The van der Waals surface area contributed by atoms with Gasteiger partial charge >= 0.3 is 5.97 Å². The van der Waals surface area contributed by atoms with Gasteiger partial charge in [-0.25, -0.2) is 4.79 Å². The van der Waals surface area contributed by atoms with Gasteiger partial charge in [0.25, 0.3) is 0 Å². The molecule has 18 N–H and O–H groups in total. The molecule has 10 aliphatic rings. The van der Waals surface area contributed by atoms with E-state index in [4.69, 9.17) is 47.4 Å². The summed E-state index contributed by atoms with van der Waals surface area (Å²) in [5.41, 5.74) is -2.58. The molecule has 0 amide bonds. The van der Waals surface area contributed by atoms with E-state index in [9.17, 15) is 96.7 Å². The highest BCUT2D eigenvalue weighted by Gasteiger charge is 2.71. The van der Waals surface area contributed by atoms with E-state index in [1.807, 2.05) is 20.8 Å². The topological polar surface area (TPSA) is 474 Å². The predicted molar refractivity (Wildman–Crippen MR) is 293 cm³/mol. The lowest BCUT2D eigenvalue weighted by atomic mass is 9.33. The summed E-state index contributed by atoms with van der Waals surface area (Å²) in [6.07, 6.45) is -39.2. The summed E-state index contributed by atoms with van der Waals surface area (Å²) in [5.74, 6) is -2.05. The highest BCUT2D eigenvalue weighted by atomic mass is 16.8. The van der Waals surface area contributed by atoms with Crippen LogP contribution in [0.2, 0.25) is 0 Å². The highest BCUT2D eigenvalue weighted by Crippen LogP contribution is 2.76. The van der Waals surface area contributed by atoms with Crippen molar-refractivity contribution in [2.24, 2.45) is 50.2 Å². The maximum absolute atomic E-state index is 12.6. The molecule has 88 heavy (non-hydrogen) atoms. The summed E-state index contributed by atoms with van der Waals surface area (Å²) in [5, 5.41) is 196. The minimum Gasteiger partial charge on any atom is -0.479 e. The molecule has 0 aromatic rings. The van der Waals surface area contributed by atoms with Crippen molar-refractivity contribution >= 4 is 5.97 Å². The molecule has 5 saturated heterocycles. The van der Waals surface area contributed by atoms with Crippen LogP contribution in [0, 0.1) is 50.2 Å². The fourth-order valence-electron chi connectivity index (χ4n) is 17.9. The van der Waals surface area contributed by atoms with E-state index in [1.54, 1.807) is 0 Å². The van der Waals surface area contributed by atoms with Gasteiger partial charge in [-0.15, -0.1) is 0 Å². The number of carboxylic acids is 1. The van der Waals surface area contributed by atoms with Gasteiger partial charge in [-0.05, 0) is 90.8 Å².